The molecule has 17 heavy (non-hydrogen) atoms. The van der Waals surface area contributed by atoms with E-state index in [0.29, 0.717) is 17.4 Å². The Hall–Kier alpha value is -2.21. The molecule has 0 aliphatic carbocycles. The minimum atomic E-state index is 0.423. The zero-order valence-electron chi connectivity index (χ0n) is 8.70. The number of nitrogens with zero attached hydrogens (tertiary/aromatic N) is 3. The molecule has 0 aliphatic rings. The number of hydrogen-bond acceptors (Lipinski definition) is 6. The zero-order chi connectivity index (χ0) is 11.7. The molecule has 1 aromatic carbocycles. The van der Waals surface area contributed by atoms with Crippen LogP contribution >= 0.6 is 11.3 Å². The van der Waals surface area contributed by atoms with Crippen LogP contribution in [0.1, 0.15) is 0 Å². The zero-order valence-corrected chi connectivity index (χ0v) is 9.52. The Labute approximate surface area is 101 Å². The highest BCUT2D eigenvalue weighted by molar-refractivity contribution is 7.13. The minimum absolute atomic E-state index is 0.423. The highest BCUT2D eigenvalue weighted by Gasteiger charge is 2.13. The van der Waals surface area contributed by atoms with Crippen LogP contribution in [0.5, 0.6) is 0 Å². The van der Waals surface area contributed by atoms with Crippen molar-refractivity contribution in [2.45, 2.75) is 0 Å². The van der Waals surface area contributed by atoms with Crippen molar-refractivity contribution >= 4 is 17.0 Å². The van der Waals surface area contributed by atoms with E-state index >= 15 is 0 Å². The molecule has 2 N–H and O–H groups in total. The van der Waals surface area contributed by atoms with Gasteiger partial charge in [-0.15, -0.1) is 11.3 Å². The molecule has 2 aromatic heterocycles. The first-order chi connectivity index (χ1) is 8.34. The number of benzene rings is 1. The van der Waals surface area contributed by atoms with Gasteiger partial charge in [-0.05, 0) is 12.1 Å². The lowest BCUT2D eigenvalue weighted by molar-refractivity contribution is 0.432. The fraction of sp³-hybridized carbons (Fsp3) is 0. The SMILES string of the molecule is Nc1ccccc1-c1nc(-c2cncs2)no1. The average molecular weight is 244 g/mol. The van der Waals surface area contributed by atoms with E-state index in [9.17, 15) is 0 Å². The number of thiazole rings is 1. The number of para-hydroxylation sites is 1. The molecule has 0 saturated carbocycles. The number of rotatable bonds is 2. The second kappa shape index (κ2) is 3.99. The summed E-state index contributed by atoms with van der Waals surface area (Å²) in [6, 6.07) is 7.38. The van der Waals surface area contributed by atoms with E-state index < -0.39 is 0 Å². The molecule has 0 amide bonds. The summed E-state index contributed by atoms with van der Waals surface area (Å²) in [7, 11) is 0. The Balaban J connectivity index is 2.04. The smallest absolute Gasteiger partial charge is 0.260 e. The second-order valence-corrected chi connectivity index (χ2v) is 4.26. The minimum Gasteiger partial charge on any atom is -0.398 e. The topological polar surface area (TPSA) is 77.8 Å². The van der Waals surface area contributed by atoms with Gasteiger partial charge in [0.25, 0.3) is 5.89 Å². The number of nitrogens with two attached hydrogens (primary N) is 1. The molecular weight excluding hydrogens is 236 g/mol. The summed E-state index contributed by atoms with van der Waals surface area (Å²) >= 11 is 1.46. The Kier molecular flexibility index (Phi) is 2.34. The van der Waals surface area contributed by atoms with Crippen molar-refractivity contribution in [3.63, 3.8) is 0 Å². The van der Waals surface area contributed by atoms with E-state index in [4.69, 9.17) is 10.3 Å². The Bertz CT molecular complexity index is 632. The molecule has 6 heteroatoms. The second-order valence-electron chi connectivity index (χ2n) is 3.38. The third kappa shape index (κ3) is 1.78. The molecule has 0 aliphatic heterocycles. The van der Waals surface area contributed by atoms with Crippen LogP contribution in [0.2, 0.25) is 0 Å². The number of nitrogen functional groups attached to an aromatic ring is 1. The Morgan fingerprint density at radius 3 is 2.88 bits per heavy atom. The van der Waals surface area contributed by atoms with E-state index in [1.54, 1.807) is 17.8 Å². The maximum atomic E-state index is 5.84. The largest absolute Gasteiger partial charge is 0.398 e. The first-order valence-electron chi connectivity index (χ1n) is 4.92. The molecule has 5 nitrogen and oxygen atoms in total. The predicted molar refractivity (Wildman–Crippen MR) is 65.3 cm³/mol. The van der Waals surface area contributed by atoms with Gasteiger partial charge in [0.05, 0.1) is 16.0 Å². The summed E-state index contributed by atoms with van der Waals surface area (Å²) in [5.74, 6) is 0.956. The van der Waals surface area contributed by atoms with E-state index in [1.165, 1.54) is 11.3 Å². The monoisotopic (exact) mass is 244 g/mol. The van der Waals surface area contributed by atoms with Gasteiger partial charge < -0.3 is 10.3 Å². The van der Waals surface area contributed by atoms with Crippen LogP contribution in [0.3, 0.4) is 0 Å². The molecule has 0 fully saturated rings. The normalized spacial score (nSPS) is 10.6. The van der Waals surface area contributed by atoms with E-state index in [2.05, 4.69) is 15.1 Å². The standard InChI is InChI=1S/C11H8N4OS/c12-8-4-2-1-3-7(8)11-14-10(15-16-11)9-5-13-6-17-9/h1-6H,12H2. The maximum Gasteiger partial charge on any atom is 0.260 e. The molecular formula is C11H8N4OS. The Morgan fingerprint density at radius 1 is 1.24 bits per heavy atom. The highest BCUT2D eigenvalue weighted by atomic mass is 32.1. The van der Waals surface area contributed by atoms with Crippen molar-refractivity contribution in [3.8, 4) is 22.2 Å². The fourth-order valence-electron chi connectivity index (χ4n) is 1.45. The molecule has 84 valence electrons. The van der Waals surface area contributed by atoms with Crippen molar-refractivity contribution in [3.05, 3.63) is 36.0 Å². The number of hydrogen-bond donors (Lipinski definition) is 1. The van der Waals surface area contributed by atoms with Gasteiger partial charge in [-0.3, -0.25) is 4.98 Å². The van der Waals surface area contributed by atoms with Gasteiger partial charge in [0.2, 0.25) is 5.82 Å². The molecule has 0 unspecified atom stereocenters. The molecule has 0 spiro atoms. The van der Waals surface area contributed by atoms with Gasteiger partial charge in [-0.1, -0.05) is 17.3 Å². The summed E-state index contributed by atoms with van der Waals surface area (Å²) < 4.78 is 5.19. The maximum absolute atomic E-state index is 5.84. The lowest BCUT2D eigenvalue weighted by atomic mass is 10.2. The van der Waals surface area contributed by atoms with Gasteiger partial charge in [-0.25, -0.2) is 0 Å². The summed E-state index contributed by atoms with van der Waals surface area (Å²) in [5.41, 5.74) is 8.93. The highest BCUT2D eigenvalue weighted by Crippen LogP contribution is 2.27. The van der Waals surface area contributed by atoms with Crippen molar-refractivity contribution in [1.82, 2.24) is 15.1 Å². The first kappa shape index (κ1) is 9.98. The molecule has 0 bridgehead atoms. The van der Waals surface area contributed by atoms with Crippen LogP contribution in [0, 0.1) is 0 Å². The molecule has 0 atom stereocenters. The van der Waals surface area contributed by atoms with Crippen molar-refractivity contribution in [1.29, 1.82) is 0 Å². The van der Waals surface area contributed by atoms with E-state index in [-0.39, 0.29) is 0 Å². The molecule has 2 heterocycles. The quantitative estimate of drug-likeness (QED) is 0.700. The molecule has 0 radical (unpaired) electrons. The van der Waals surface area contributed by atoms with Crippen molar-refractivity contribution in [2.75, 3.05) is 5.73 Å². The Morgan fingerprint density at radius 2 is 2.12 bits per heavy atom. The van der Waals surface area contributed by atoms with Crippen LogP contribution in [0.4, 0.5) is 5.69 Å². The lowest BCUT2D eigenvalue weighted by Crippen LogP contribution is -1.88. The van der Waals surface area contributed by atoms with Crippen LogP contribution in [-0.4, -0.2) is 15.1 Å². The van der Waals surface area contributed by atoms with Gasteiger partial charge in [0.1, 0.15) is 0 Å². The van der Waals surface area contributed by atoms with Gasteiger partial charge >= 0.3 is 0 Å². The average Bonchev–Trinajstić information content (AvgIpc) is 3.00. The van der Waals surface area contributed by atoms with Gasteiger partial charge in [0.15, 0.2) is 0 Å². The molecule has 3 aromatic rings. The number of anilines is 1. The summed E-state index contributed by atoms with van der Waals surface area (Å²) in [5, 5.41) is 3.90. The van der Waals surface area contributed by atoms with Crippen LogP contribution < -0.4 is 5.73 Å². The third-order valence-corrected chi connectivity index (χ3v) is 3.04. The lowest BCUT2D eigenvalue weighted by Gasteiger charge is -1.97. The summed E-state index contributed by atoms with van der Waals surface area (Å²) in [6.07, 6.45) is 1.70. The van der Waals surface area contributed by atoms with E-state index in [1.807, 2.05) is 18.2 Å². The molecule has 0 saturated heterocycles. The summed E-state index contributed by atoms with van der Waals surface area (Å²) in [4.78, 5) is 9.14. The van der Waals surface area contributed by atoms with Crippen molar-refractivity contribution in [2.24, 2.45) is 0 Å². The van der Waals surface area contributed by atoms with Crippen molar-refractivity contribution < 1.29 is 4.52 Å². The third-order valence-electron chi connectivity index (χ3n) is 2.27. The first-order valence-corrected chi connectivity index (χ1v) is 5.80. The molecule has 3 rings (SSSR count). The fourth-order valence-corrected chi connectivity index (χ4v) is 2.00. The van der Waals surface area contributed by atoms with Gasteiger partial charge in [-0.2, -0.15) is 4.98 Å². The van der Waals surface area contributed by atoms with Crippen LogP contribution in [0.15, 0.2) is 40.5 Å². The van der Waals surface area contributed by atoms with Crippen LogP contribution in [0.25, 0.3) is 22.2 Å². The van der Waals surface area contributed by atoms with Crippen LogP contribution in [-0.2, 0) is 0 Å². The van der Waals surface area contributed by atoms with E-state index in [0.717, 1.165) is 10.4 Å². The van der Waals surface area contributed by atoms with Gasteiger partial charge in [0, 0.05) is 11.9 Å². The predicted octanol–water partition coefficient (Wildman–Crippen LogP) is 2.44. The summed E-state index contributed by atoms with van der Waals surface area (Å²) in [6.45, 7) is 0. The number of aromatic nitrogens is 3.